The van der Waals surface area contributed by atoms with E-state index >= 15 is 0 Å². The van der Waals surface area contributed by atoms with Gasteiger partial charge in [0.1, 0.15) is 6.04 Å². The van der Waals surface area contributed by atoms with Crippen LogP contribution in [0.1, 0.15) is 45.4 Å². The molecule has 1 saturated carbocycles. The largest absolute Gasteiger partial charge is 0.325 e. The number of carbonyl (C=O) groups excluding carboxylic acids is 1. The van der Waals surface area contributed by atoms with Crippen LogP contribution < -0.4 is 5.84 Å². The molecular weight excluding hydrogens is 240 g/mol. The van der Waals surface area contributed by atoms with Crippen LogP contribution in [0.2, 0.25) is 0 Å². The van der Waals surface area contributed by atoms with Gasteiger partial charge in [-0.05, 0) is 44.4 Å². The van der Waals surface area contributed by atoms with Crippen LogP contribution in [0.5, 0.6) is 0 Å². The minimum atomic E-state index is -0.243. The van der Waals surface area contributed by atoms with Crippen LogP contribution in [0, 0.1) is 17.2 Å². The summed E-state index contributed by atoms with van der Waals surface area (Å²) in [5.41, 5.74) is 0. The first-order valence-corrected chi connectivity index (χ1v) is 7.32. The maximum Gasteiger partial charge on any atom is 0.239 e. The lowest BCUT2D eigenvalue weighted by molar-refractivity contribution is -0.133. The fraction of sp³-hybridized carbons (Fsp3) is 0.857. The Balaban J connectivity index is 1.83. The van der Waals surface area contributed by atoms with Crippen molar-refractivity contribution in [2.75, 3.05) is 13.1 Å². The number of hydrazine groups is 1. The average molecular weight is 264 g/mol. The molecule has 1 heterocycles. The van der Waals surface area contributed by atoms with Crippen LogP contribution in [0.25, 0.3) is 0 Å². The molecule has 2 aliphatic rings. The van der Waals surface area contributed by atoms with Gasteiger partial charge in [-0.1, -0.05) is 6.92 Å². The Kier molecular flexibility index (Phi) is 4.78. The molecule has 1 aliphatic carbocycles. The first kappa shape index (κ1) is 14.3. The molecule has 1 unspecified atom stereocenters. The lowest BCUT2D eigenvalue weighted by Gasteiger charge is -2.33. The third kappa shape index (κ3) is 3.46. The minimum absolute atomic E-state index is 0.00479. The SMILES string of the molecule is CC1CCC(N(N)CC(=O)N2CCCC2C#N)CC1. The maximum absolute atomic E-state index is 12.2. The maximum atomic E-state index is 12.2. The number of rotatable bonds is 3. The molecule has 106 valence electrons. The van der Waals surface area contributed by atoms with Crippen molar-refractivity contribution in [1.82, 2.24) is 9.91 Å². The standard InChI is InChI=1S/C14H24N4O/c1-11-4-6-12(7-5-11)18(16)10-14(19)17-8-2-3-13(17)9-15/h11-13H,2-8,10,16H2,1H3. The summed E-state index contributed by atoms with van der Waals surface area (Å²) in [6, 6.07) is 2.28. The van der Waals surface area contributed by atoms with Crippen molar-refractivity contribution < 1.29 is 4.79 Å². The second-order valence-corrected chi connectivity index (χ2v) is 5.96. The van der Waals surface area contributed by atoms with Gasteiger partial charge in [0, 0.05) is 12.6 Å². The first-order valence-electron chi connectivity index (χ1n) is 7.32. The van der Waals surface area contributed by atoms with Gasteiger partial charge in [-0.15, -0.1) is 0 Å². The van der Waals surface area contributed by atoms with E-state index in [1.54, 1.807) is 9.91 Å². The Morgan fingerprint density at radius 1 is 1.37 bits per heavy atom. The second kappa shape index (κ2) is 6.36. The topological polar surface area (TPSA) is 73.4 Å². The Morgan fingerprint density at radius 3 is 2.68 bits per heavy atom. The van der Waals surface area contributed by atoms with E-state index < -0.39 is 0 Å². The molecule has 5 nitrogen and oxygen atoms in total. The van der Waals surface area contributed by atoms with Crippen LogP contribution >= 0.6 is 0 Å². The van der Waals surface area contributed by atoms with Crippen molar-refractivity contribution in [2.24, 2.45) is 11.8 Å². The summed E-state index contributed by atoms with van der Waals surface area (Å²) >= 11 is 0. The zero-order valence-corrected chi connectivity index (χ0v) is 11.7. The van der Waals surface area contributed by atoms with Gasteiger partial charge in [0.25, 0.3) is 0 Å². The number of nitrogens with zero attached hydrogens (tertiary/aromatic N) is 3. The van der Waals surface area contributed by atoms with Gasteiger partial charge in [-0.25, -0.2) is 5.01 Å². The van der Waals surface area contributed by atoms with Gasteiger partial charge in [0.15, 0.2) is 0 Å². The monoisotopic (exact) mass is 264 g/mol. The summed E-state index contributed by atoms with van der Waals surface area (Å²) in [5.74, 6) is 6.84. The average Bonchev–Trinajstić information content (AvgIpc) is 2.87. The predicted octanol–water partition coefficient (Wildman–Crippen LogP) is 1.26. The predicted molar refractivity (Wildman–Crippen MR) is 72.7 cm³/mol. The highest BCUT2D eigenvalue weighted by Gasteiger charge is 2.31. The van der Waals surface area contributed by atoms with Gasteiger partial charge in [-0.3, -0.25) is 10.6 Å². The van der Waals surface area contributed by atoms with E-state index in [0.29, 0.717) is 12.6 Å². The summed E-state index contributed by atoms with van der Waals surface area (Å²) in [5, 5.41) is 10.7. The third-order valence-corrected chi connectivity index (χ3v) is 4.49. The van der Waals surface area contributed by atoms with E-state index in [2.05, 4.69) is 13.0 Å². The molecule has 0 radical (unpaired) electrons. The van der Waals surface area contributed by atoms with Crippen molar-refractivity contribution >= 4 is 5.91 Å². The summed E-state index contributed by atoms with van der Waals surface area (Å²) < 4.78 is 0. The number of hydrogen-bond donors (Lipinski definition) is 1. The zero-order chi connectivity index (χ0) is 13.8. The molecule has 0 aromatic carbocycles. The number of hydrogen-bond acceptors (Lipinski definition) is 4. The minimum Gasteiger partial charge on any atom is -0.325 e. The van der Waals surface area contributed by atoms with Crippen molar-refractivity contribution in [3.63, 3.8) is 0 Å². The van der Waals surface area contributed by atoms with Crippen LogP contribution in [0.3, 0.4) is 0 Å². The molecule has 2 fully saturated rings. The van der Waals surface area contributed by atoms with Crippen LogP contribution in [0.4, 0.5) is 0 Å². The summed E-state index contributed by atoms with van der Waals surface area (Å²) in [7, 11) is 0. The lowest BCUT2D eigenvalue weighted by atomic mass is 9.87. The van der Waals surface area contributed by atoms with E-state index in [9.17, 15) is 4.79 Å². The molecule has 0 bridgehead atoms. The van der Waals surface area contributed by atoms with Gasteiger partial charge < -0.3 is 4.90 Å². The zero-order valence-electron chi connectivity index (χ0n) is 11.7. The highest BCUT2D eigenvalue weighted by atomic mass is 16.2. The fourth-order valence-corrected chi connectivity index (χ4v) is 3.15. The highest BCUT2D eigenvalue weighted by Crippen LogP contribution is 2.26. The lowest BCUT2D eigenvalue weighted by Crippen LogP contribution is -2.50. The van der Waals surface area contributed by atoms with Gasteiger partial charge in [-0.2, -0.15) is 5.26 Å². The van der Waals surface area contributed by atoms with Crippen LogP contribution in [-0.2, 0) is 4.79 Å². The number of amides is 1. The van der Waals surface area contributed by atoms with Crippen LogP contribution in [0.15, 0.2) is 0 Å². The molecule has 1 amide bonds. The smallest absolute Gasteiger partial charge is 0.239 e. The van der Waals surface area contributed by atoms with Gasteiger partial charge in [0.05, 0.1) is 12.6 Å². The van der Waals surface area contributed by atoms with Crippen molar-refractivity contribution in [3.05, 3.63) is 0 Å². The molecule has 0 spiro atoms. The molecule has 2 N–H and O–H groups in total. The Morgan fingerprint density at radius 2 is 2.05 bits per heavy atom. The molecule has 1 aliphatic heterocycles. The quantitative estimate of drug-likeness (QED) is 0.615. The molecule has 5 heteroatoms. The van der Waals surface area contributed by atoms with Gasteiger partial charge >= 0.3 is 0 Å². The highest BCUT2D eigenvalue weighted by molar-refractivity contribution is 5.79. The Bertz CT molecular complexity index is 357. The third-order valence-electron chi connectivity index (χ3n) is 4.49. The number of carbonyl (C=O) groups is 1. The van der Waals surface area contributed by atoms with Crippen LogP contribution in [-0.4, -0.2) is 41.0 Å². The Hall–Kier alpha value is -1.12. The molecule has 1 saturated heterocycles. The molecule has 19 heavy (non-hydrogen) atoms. The summed E-state index contributed by atoms with van der Waals surface area (Å²) in [6.07, 6.45) is 6.26. The molecule has 0 aromatic rings. The van der Waals surface area contributed by atoms with Crippen molar-refractivity contribution in [3.8, 4) is 6.07 Å². The van der Waals surface area contributed by atoms with E-state index in [4.69, 9.17) is 11.1 Å². The second-order valence-electron chi connectivity index (χ2n) is 5.96. The number of nitrogens with two attached hydrogens (primary N) is 1. The first-order chi connectivity index (χ1) is 9.11. The molecular formula is C14H24N4O. The normalized spacial score (nSPS) is 31.5. The Labute approximate surface area is 115 Å². The van der Waals surface area contributed by atoms with Gasteiger partial charge in [0.2, 0.25) is 5.91 Å². The van der Waals surface area contributed by atoms with E-state index in [1.807, 2.05) is 0 Å². The number of nitriles is 1. The molecule has 1 atom stereocenters. The summed E-state index contributed by atoms with van der Waals surface area (Å²) in [6.45, 7) is 3.22. The van der Waals surface area contributed by atoms with E-state index in [-0.39, 0.29) is 18.5 Å². The van der Waals surface area contributed by atoms with E-state index in [0.717, 1.165) is 31.6 Å². The van der Waals surface area contributed by atoms with Crippen molar-refractivity contribution in [2.45, 2.75) is 57.5 Å². The number of likely N-dealkylation sites (tertiary alicyclic amines) is 1. The molecule has 0 aromatic heterocycles. The van der Waals surface area contributed by atoms with E-state index in [1.165, 1.54) is 12.8 Å². The summed E-state index contributed by atoms with van der Waals surface area (Å²) in [4.78, 5) is 13.9. The molecule has 2 rings (SSSR count). The van der Waals surface area contributed by atoms with Crippen molar-refractivity contribution in [1.29, 1.82) is 5.26 Å². The fourth-order valence-electron chi connectivity index (χ4n) is 3.15.